The molecule has 0 radical (unpaired) electrons. The second-order valence-electron chi connectivity index (χ2n) is 2.68. The Morgan fingerprint density at radius 1 is 1.40 bits per heavy atom. The molecule has 0 spiro atoms. The van der Waals surface area contributed by atoms with Crippen molar-refractivity contribution in [2.75, 3.05) is 6.61 Å². The Morgan fingerprint density at radius 2 is 2.07 bits per heavy atom. The number of hydrogen-bond acceptors (Lipinski definition) is 2. The van der Waals surface area contributed by atoms with Crippen LogP contribution in [-0.4, -0.2) is 19.1 Å². The first-order chi connectivity index (χ1) is 6.94. The molecule has 1 aromatic carbocycles. The highest BCUT2D eigenvalue weighted by atomic mass is 35.5. The Hall–Kier alpha value is -1.23. The van der Waals surface area contributed by atoms with E-state index in [2.05, 4.69) is 4.74 Å². The van der Waals surface area contributed by atoms with Crippen LogP contribution in [0, 0.1) is 0 Å². The zero-order chi connectivity index (χ0) is 11.5. The Bertz CT molecular complexity index is 363. The van der Waals surface area contributed by atoms with Gasteiger partial charge in [-0.1, -0.05) is 17.7 Å². The SMILES string of the molecule is O=Cc1cccc(OCC(F)(F)F)c1Cl. The van der Waals surface area contributed by atoms with Gasteiger partial charge >= 0.3 is 6.18 Å². The summed E-state index contributed by atoms with van der Waals surface area (Å²) in [6.45, 7) is -1.44. The maximum Gasteiger partial charge on any atom is 0.422 e. The largest absolute Gasteiger partial charge is 0.483 e. The summed E-state index contributed by atoms with van der Waals surface area (Å²) in [6, 6.07) is 4.04. The van der Waals surface area contributed by atoms with Crippen molar-refractivity contribution in [1.82, 2.24) is 0 Å². The first-order valence-corrected chi connectivity index (χ1v) is 4.25. The number of halogens is 4. The number of carbonyl (C=O) groups is 1. The summed E-state index contributed by atoms with van der Waals surface area (Å²) in [4.78, 5) is 10.4. The topological polar surface area (TPSA) is 26.3 Å². The molecule has 0 saturated carbocycles. The average Bonchev–Trinajstić information content (AvgIpc) is 2.15. The van der Waals surface area contributed by atoms with Gasteiger partial charge < -0.3 is 4.74 Å². The lowest BCUT2D eigenvalue weighted by Gasteiger charge is -2.10. The molecule has 1 aromatic rings. The van der Waals surface area contributed by atoms with Crippen molar-refractivity contribution in [3.05, 3.63) is 28.8 Å². The van der Waals surface area contributed by atoms with Gasteiger partial charge in [0.1, 0.15) is 5.75 Å². The molecule has 2 nitrogen and oxygen atoms in total. The number of ether oxygens (including phenoxy) is 1. The molecule has 15 heavy (non-hydrogen) atoms. The maximum atomic E-state index is 11.8. The summed E-state index contributed by atoms with van der Waals surface area (Å²) in [5.74, 6) is -0.154. The van der Waals surface area contributed by atoms with Crippen LogP contribution in [0.1, 0.15) is 10.4 Å². The van der Waals surface area contributed by atoms with Crippen molar-refractivity contribution in [2.24, 2.45) is 0 Å². The van der Waals surface area contributed by atoms with E-state index >= 15 is 0 Å². The molecule has 0 aliphatic carbocycles. The Balaban J connectivity index is 2.82. The van der Waals surface area contributed by atoms with Gasteiger partial charge in [0.15, 0.2) is 12.9 Å². The van der Waals surface area contributed by atoms with Crippen LogP contribution < -0.4 is 4.74 Å². The molecule has 0 aliphatic rings. The zero-order valence-electron chi connectivity index (χ0n) is 7.34. The lowest BCUT2D eigenvalue weighted by molar-refractivity contribution is -0.153. The van der Waals surface area contributed by atoms with Crippen LogP contribution in [0.2, 0.25) is 5.02 Å². The molecule has 0 atom stereocenters. The van der Waals surface area contributed by atoms with E-state index in [0.29, 0.717) is 6.29 Å². The van der Waals surface area contributed by atoms with Crippen molar-refractivity contribution in [2.45, 2.75) is 6.18 Å². The molecule has 0 bridgehead atoms. The highest BCUT2D eigenvalue weighted by Gasteiger charge is 2.28. The quantitative estimate of drug-likeness (QED) is 0.757. The normalized spacial score (nSPS) is 11.2. The summed E-state index contributed by atoms with van der Waals surface area (Å²) < 4.78 is 39.9. The maximum absolute atomic E-state index is 11.8. The summed E-state index contributed by atoms with van der Waals surface area (Å²) >= 11 is 5.61. The molecule has 1 rings (SSSR count). The Morgan fingerprint density at radius 3 is 2.60 bits per heavy atom. The minimum absolute atomic E-state index is 0.0938. The highest BCUT2D eigenvalue weighted by Crippen LogP contribution is 2.28. The summed E-state index contributed by atoms with van der Waals surface area (Å²) in [7, 11) is 0. The molecule has 0 unspecified atom stereocenters. The number of carbonyl (C=O) groups excluding carboxylic acids is 1. The van der Waals surface area contributed by atoms with Gasteiger partial charge in [-0.2, -0.15) is 13.2 Å². The first kappa shape index (κ1) is 11.8. The van der Waals surface area contributed by atoms with Crippen LogP contribution in [0.3, 0.4) is 0 Å². The third kappa shape index (κ3) is 3.43. The summed E-state index contributed by atoms with van der Waals surface area (Å²) in [5, 5.41) is -0.114. The minimum atomic E-state index is -4.43. The first-order valence-electron chi connectivity index (χ1n) is 3.87. The molecule has 0 aromatic heterocycles. The van der Waals surface area contributed by atoms with Gasteiger partial charge in [0.2, 0.25) is 0 Å². The van der Waals surface area contributed by atoms with Gasteiger partial charge in [-0.25, -0.2) is 0 Å². The zero-order valence-corrected chi connectivity index (χ0v) is 8.10. The molecular weight excluding hydrogens is 233 g/mol. The van der Waals surface area contributed by atoms with Crippen molar-refractivity contribution >= 4 is 17.9 Å². The standard InChI is InChI=1S/C9H6ClF3O2/c10-8-6(4-14)2-1-3-7(8)15-5-9(11,12)13/h1-4H,5H2. The molecule has 82 valence electrons. The fourth-order valence-electron chi connectivity index (χ4n) is 0.890. The van der Waals surface area contributed by atoms with E-state index in [-0.39, 0.29) is 16.3 Å². The Labute approximate surface area is 88.6 Å². The number of benzene rings is 1. The molecule has 0 amide bonds. The van der Waals surface area contributed by atoms with Crippen molar-refractivity contribution in [3.63, 3.8) is 0 Å². The Kier molecular flexibility index (Phi) is 3.57. The molecule has 0 heterocycles. The number of alkyl halides is 3. The van der Waals surface area contributed by atoms with E-state index in [0.717, 1.165) is 0 Å². The molecule has 0 saturated heterocycles. The number of hydrogen-bond donors (Lipinski definition) is 0. The van der Waals surface area contributed by atoms with Gasteiger partial charge in [-0.3, -0.25) is 4.79 Å². The summed E-state index contributed by atoms with van der Waals surface area (Å²) in [6.07, 6.45) is -3.98. The van der Waals surface area contributed by atoms with Crippen LogP contribution in [0.4, 0.5) is 13.2 Å². The summed E-state index contributed by atoms with van der Waals surface area (Å²) in [5.41, 5.74) is 0.0938. The van der Waals surface area contributed by atoms with Crippen LogP contribution in [0.5, 0.6) is 5.75 Å². The van der Waals surface area contributed by atoms with Crippen LogP contribution in [0.25, 0.3) is 0 Å². The van der Waals surface area contributed by atoms with Gasteiger partial charge in [-0.05, 0) is 12.1 Å². The van der Waals surface area contributed by atoms with E-state index in [1.165, 1.54) is 18.2 Å². The number of aldehydes is 1. The van der Waals surface area contributed by atoms with Gasteiger partial charge in [0.05, 0.1) is 5.02 Å². The molecule has 0 aliphatic heterocycles. The second-order valence-corrected chi connectivity index (χ2v) is 3.06. The van der Waals surface area contributed by atoms with Crippen molar-refractivity contribution in [3.8, 4) is 5.75 Å². The van der Waals surface area contributed by atoms with E-state index < -0.39 is 12.8 Å². The molecule has 0 fully saturated rings. The third-order valence-electron chi connectivity index (χ3n) is 1.51. The van der Waals surface area contributed by atoms with Crippen LogP contribution in [-0.2, 0) is 0 Å². The van der Waals surface area contributed by atoms with Crippen LogP contribution in [0.15, 0.2) is 18.2 Å². The molecule has 6 heteroatoms. The third-order valence-corrected chi connectivity index (χ3v) is 1.92. The number of rotatable bonds is 3. The monoisotopic (exact) mass is 238 g/mol. The highest BCUT2D eigenvalue weighted by molar-refractivity contribution is 6.34. The van der Waals surface area contributed by atoms with E-state index in [1.54, 1.807) is 0 Å². The lowest BCUT2D eigenvalue weighted by atomic mass is 10.2. The van der Waals surface area contributed by atoms with Crippen molar-refractivity contribution in [1.29, 1.82) is 0 Å². The average molecular weight is 239 g/mol. The van der Waals surface area contributed by atoms with E-state index in [4.69, 9.17) is 11.6 Å². The molecular formula is C9H6ClF3O2. The lowest BCUT2D eigenvalue weighted by Crippen LogP contribution is -2.19. The van der Waals surface area contributed by atoms with Crippen LogP contribution >= 0.6 is 11.6 Å². The molecule has 0 N–H and O–H groups in total. The minimum Gasteiger partial charge on any atom is -0.483 e. The fourth-order valence-corrected chi connectivity index (χ4v) is 1.11. The predicted octanol–water partition coefficient (Wildman–Crippen LogP) is 3.09. The van der Waals surface area contributed by atoms with Gasteiger partial charge in [0.25, 0.3) is 0 Å². The predicted molar refractivity (Wildman–Crippen MR) is 48.4 cm³/mol. The smallest absolute Gasteiger partial charge is 0.422 e. The van der Waals surface area contributed by atoms with Gasteiger partial charge in [0, 0.05) is 5.56 Å². The van der Waals surface area contributed by atoms with Crippen molar-refractivity contribution < 1.29 is 22.7 Å². The fraction of sp³-hybridized carbons (Fsp3) is 0.222. The van der Waals surface area contributed by atoms with E-state index in [9.17, 15) is 18.0 Å². The van der Waals surface area contributed by atoms with Gasteiger partial charge in [-0.15, -0.1) is 0 Å². The second kappa shape index (κ2) is 4.53. The van der Waals surface area contributed by atoms with E-state index in [1.807, 2.05) is 0 Å².